The first-order valence-electron chi connectivity index (χ1n) is 11.8. The molecule has 0 fully saturated rings. The van der Waals surface area contributed by atoms with Crippen molar-refractivity contribution < 1.29 is 18.9 Å². The lowest BCUT2D eigenvalue weighted by Gasteiger charge is -2.26. The van der Waals surface area contributed by atoms with Gasteiger partial charge in [-0.1, -0.05) is 48.8 Å². The number of carbonyl (C=O) groups excluding carboxylic acids is 3. The summed E-state index contributed by atoms with van der Waals surface area (Å²) in [4.78, 5) is 45.1. The number of amidine groups is 1. The van der Waals surface area contributed by atoms with E-state index in [0.717, 1.165) is 12.0 Å². The van der Waals surface area contributed by atoms with E-state index < -0.39 is 11.6 Å². The number of aromatic nitrogens is 1. The van der Waals surface area contributed by atoms with Crippen molar-refractivity contribution in [2.45, 2.75) is 46.1 Å². The van der Waals surface area contributed by atoms with Crippen LogP contribution in [0.25, 0.3) is 0 Å². The monoisotopic (exact) mass is 487 g/mol. The first-order chi connectivity index (χ1) is 17.2. The molecule has 1 unspecified atom stereocenters. The minimum absolute atomic E-state index is 0.105. The molecule has 0 spiro atoms. The normalized spacial score (nSPS) is 17.2. The maximum atomic E-state index is 13.5. The van der Waals surface area contributed by atoms with E-state index in [4.69, 9.17) is 9.52 Å². The van der Waals surface area contributed by atoms with Crippen molar-refractivity contribution in [3.8, 4) is 0 Å². The molecule has 0 radical (unpaired) electrons. The molecule has 3 aromatic rings. The van der Waals surface area contributed by atoms with Gasteiger partial charge in [-0.05, 0) is 57.0 Å². The van der Waals surface area contributed by atoms with Crippen LogP contribution in [-0.4, -0.2) is 40.2 Å². The van der Waals surface area contributed by atoms with Crippen molar-refractivity contribution in [3.05, 3.63) is 77.2 Å². The number of aliphatic imine (C=N–C) groups is 1. The second kappa shape index (κ2) is 10.2. The van der Waals surface area contributed by atoms with Gasteiger partial charge in [0.15, 0.2) is 17.1 Å². The van der Waals surface area contributed by atoms with Gasteiger partial charge in [0.05, 0.1) is 6.54 Å². The molecule has 2 heterocycles. The predicted molar refractivity (Wildman–Crippen MR) is 137 cm³/mol. The highest BCUT2D eigenvalue weighted by Crippen LogP contribution is 2.38. The number of rotatable bonds is 8. The van der Waals surface area contributed by atoms with Gasteiger partial charge in [0, 0.05) is 11.3 Å². The van der Waals surface area contributed by atoms with Crippen LogP contribution >= 0.6 is 0 Å². The fourth-order valence-corrected chi connectivity index (χ4v) is 4.42. The lowest BCUT2D eigenvalue weighted by atomic mass is 9.85. The minimum Gasteiger partial charge on any atom is -0.359 e. The zero-order chi connectivity index (χ0) is 25.9. The number of amides is 3. The number of nitrogens with one attached hydrogen (secondary N) is 2. The van der Waals surface area contributed by atoms with Crippen LogP contribution in [0.2, 0.25) is 0 Å². The zero-order valence-electron chi connectivity index (χ0n) is 20.8. The highest BCUT2D eigenvalue weighted by Gasteiger charge is 2.48. The molecule has 2 N–H and O–H groups in total. The van der Waals surface area contributed by atoms with Crippen molar-refractivity contribution in [3.63, 3.8) is 0 Å². The average molecular weight is 488 g/mol. The van der Waals surface area contributed by atoms with E-state index in [1.54, 1.807) is 45.0 Å². The molecule has 0 saturated carbocycles. The van der Waals surface area contributed by atoms with Gasteiger partial charge in [0.1, 0.15) is 17.2 Å². The van der Waals surface area contributed by atoms with Gasteiger partial charge in [-0.2, -0.15) is 0 Å². The van der Waals surface area contributed by atoms with E-state index >= 15 is 0 Å². The number of hydrogen-bond donors (Lipinski definition) is 2. The standard InChI is InChI=1S/C27H29N5O4/c1-5-15-27(21-9-7-6-8-10-21)25(34)32(19(4)30-27)16-23(33)20-11-13-22(14-12-20)28-26(35)29-24-17(2)31-36-18(24)3/h6-14H,5,15-16H2,1-4H3,(H2,28,29,35). The van der Waals surface area contributed by atoms with E-state index in [1.807, 2.05) is 37.3 Å². The van der Waals surface area contributed by atoms with E-state index in [-0.39, 0.29) is 18.2 Å². The quantitative estimate of drug-likeness (QED) is 0.430. The smallest absolute Gasteiger partial charge is 0.323 e. The molecular weight excluding hydrogens is 458 g/mol. The number of nitrogens with zero attached hydrogens (tertiary/aromatic N) is 3. The maximum Gasteiger partial charge on any atom is 0.323 e. The number of urea groups is 1. The Hall–Kier alpha value is -4.27. The van der Waals surface area contributed by atoms with Crippen molar-refractivity contribution in [2.75, 3.05) is 17.2 Å². The Labute approximate surface area is 209 Å². The number of Topliss-reactive ketones (excluding diaryl/α,β-unsaturated/α-hetero) is 1. The van der Waals surface area contributed by atoms with Gasteiger partial charge in [-0.15, -0.1) is 0 Å². The topological polar surface area (TPSA) is 117 Å². The summed E-state index contributed by atoms with van der Waals surface area (Å²) < 4.78 is 5.04. The van der Waals surface area contributed by atoms with Crippen molar-refractivity contribution >= 4 is 34.9 Å². The summed E-state index contributed by atoms with van der Waals surface area (Å²) in [5.41, 5.74) is 1.87. The fourth-order valence-electron chi connectivity index (χ4n) is 4.42. The number of aryl methyl sites for hydroxylation is 2. The van der Waals surface area contributed by atoms with Crippen molar-refractivity contribution in [1.82, 2.24) is 10.1 Å². The lowest BCUT2D eigenvalue weighted by Crippen LogP contribution is -2.43. The average Bonchev–Trinajstić information content (AvgIpc) is 3.31. The Morgan fingerprint density at radius 2 is 1.69 bits per heavy atom. The molecule has 0 bridgehead atoms. The lowest BCUT2D eigenvalue weighted by molar-refractivity contribution is -0.131. The SMILES string of the molecule is CCCC1(c2ccccc2)N=C(C)N(CC(=O)c2ccc(NC(=O)Nc3c(C)noc3C)cc2)C1=O. The van der Waals surface area contributed by atoms with Crippen LogP contribution in [0.4, 0.5) is 16.2 Å². The van der Waals surface area contributed by atoms with E-state index in [9.17, 15) is 14.4 Å². The van der Waals surface area contributed by atoms with Crippen LogP contribution in [0.15, 0.2) is 64.1 Å². The Bertz CT molecular complexity index is 1290. The largest absolute Gasteiger partial charge is 0.359 e. The van der Waals surface area contributed by atoms with Crippen molar-refractivity contribution in [1.29, 1.82) is 0 Å². The molecule has 1 aliphatic rings. The molecule has 9 nitrogen and oxygen atoms in total. The van der Waals surface area contributed by atoms with Crippen LogP contribution in [0.3, 0.4) is 0 Å². The third-order valence-electron chi connectivity index (χ3n) is 6.24. The Kier molecular flexibility index (Phi) is 7.00. The molecule has 36 heavy (non-hydrogen) atoms. The van der Waals surface area contributed by atoms with Crippen molar-refractivity contribution in [2.24, 2.45) is 4.99 Å². The molecule has 0 saturated heterocycles. The summed E-state index contributed by atoms with van der Waals surface area (Å²) in [6, 6.07) is 15.6. The first-order valence-corrected chi connectivity index (χ1v) is 11.8. The summed E-state index contributed by atoms with van der Waals surface area (Å²) in [5, 5.41) is 9.22. The summed E-state index contributed by atoms with van der Waals surface area (Å²) in [7, 11) is 0. The van der Waals surface area contributed by atoms with Gasteiger partial charge < -0.3 is 15.2 Å². The van der Waals surface area contributed by atoms with Crippen LogP contribution in [-0.2, 0) is 10.3 Å². The molecule has 4 rings (SSSR count). The summed E-state index contributed by atoms with van der Waals surface area (Å²) in [5.74, 6) is 0.634. The highest BCUT2D eigenvalue weighted by atomic mass is 16.5. The number of benzene rings is 2. The first kappa shape index (κ1) is 24.8. The summed E-state index contributed by atoms with van der Waals surface area (Å²) >= 11 is 0. The molecule has 186 valence electrons. The van der Waals surface area contributed by atoms with Crippen LogP contribution in [0.1, 0.15) is 54.1 Å². The van der Waals surface area contributed by atoms with Gasteiger partial charge in [0.25, 0.3) is 5.91 Å². The number of ketones is 1. The molecule has 9 heteroatoms. The summed E-state index contributed by atoms with van der Waals surface area (Å²) in [6.07, 6.45) is 1.34. The maximum absolute atomic E-state index is 13.5. The molecular formula is C27H29N5O4. The Morgan fingerprint density at radius 1 is 1.00 bits per heavy atom. The van der Waals surface area contributed by atoms with Gasteiger partial charge >= 0.3 is 6.03 Å². The van der Waals surface area contributed by atoms with E-state index in [2.05, 4.69) is 15.8 Å². The van der Waals surface area contributed by atoms with E-state index in [0.29, 0.717) is 40.6 Å². The third-order valence-corrected chi connectivity index (χ3v) is 6.24. The molecule has 1 atom stereocenters. The third kappa shape index (κ3) is 4.77. The Balaban J connectivity index is 1.43. The second-order valence-electron chi connectivity index (χ2n) is 8.81. The second-order valence-corrected chi connectivity index (χ2v) is 8.81. The molecule has 2 aromatic carbocycles. The van der Waals surface area contributed by atoms with Gasteiger partial charge in [0.2, 0.25) is 0 Å². The number of carbonyl (C=O) groups is 3. The van der Waals surface area contributed by atoms with E-state index in [1.165, 1.54) is 4.90 Å². The summed E-state index contributed by atoms with van der Waals surface area (Å²) in [6.45, 7) is 7.11. The number of hydrogen-bond acceptors (Lipinski definition) is 6. The van der Waals surface area contributed by atoms with Crippen LogP contribution in [0, 0.1) is 13.8 Å². The Morgan fingerprint density at radius 3 is 2.31 bits per heavy atom. The van der Waals surface area contributed by atoms with Gasteiger partial charge in [-0.3, -0.25) is 19.5 Å². The number of anilines is 2. The molecule has 3 amide bonds. The molecule has 1 aliphatic heterocycles. The van der Waals surface area contributed by atoms with Crippen LogP contribution in [0.5, 0.6) is 0 Å². The van der Waals surface area contributed by atoms with Crippen LogP contribution < -0.4 is 10.6 Å². The molecule has 0 aliphatic carbocycles. The minimum atomic E-state index is -0.997. The predicted octanol–water partition coefficient (Wildman–Crippen LogP) is 5.07. The highest BCUT2D eigenvalue weighted by molar-refractivity contribution is 6.11. The van der Waals surface area contributed by atoms with Gasteiger partial charge in [-0.25, -0.2) is 4.79 Å². The fraction of sp³-hybridized carbons (Fsp3) is 0.296. The zero-order valence-corrected chi connectivity index (χ0v) is 20.8. The molecule has 1 aromatic heterocycles.